The highest BCUT2D eigenvalue weighted by atomic mass is 19.4. The summed E-state index contributed by atoms with van der Waals surface area (Å²) >= 11 is 0. The van der Waals surface area contributed by atoms with Gasteiger partial charge in [-0.2, -0.15) is 57.1 Å². The molecule has 0 heterocycles. The molecule has 0 N–H and O–H groups in total. The van der Waals surface area contributed by atoms with Gasteiger partial charge < -0.3 is 0 Å². The third-order valence-electron chi connectivity index (χ3n) is 3.60. The van der Waals surface area contributed by atoms with Crippen molar-refractivity contribution in [3.63, 3.8) is 0 Å². The first kappa shape index (κ1) is 25.8. The van der Waals surface area contributed by atoms with Crippen molar-refractivity contribution in [2.45, 2.75) is 74.8 Å². The molecule has 0 rings (SSSR count). The third-order valence-corrected chi connectivity index (χ3v) is 3.60. The summed E-state index contributed by atoms with van der Waals surface area (Å²) in [5.41, 5.74) is 0. The van der Waals surface area contributed by atoms with Crippen molar-refractivity contribution in [1.82, 2.24) is 0 Å². The minimum Gasteiger partial charge on any atom is -0.200 e. The van der Waals surface area contributed by atoms with E-state index in [0.717, 1.165) is 0 Å². The molecule has 0 atom stereocenters. The SMILES string of the molecule is CC=CCCCCCC(F)(F)C(F)(F)C(F)(F)C(F)(F)C(F)(F)C(F)(F)F. The molecule has 0 aliphatic heterocycles. The predicted octanol–water partition coefficient (Wildman–Crippen LogP) is 7.25. The highest BCUT2D eigenvalue weighted by molar-refractivity contribution is 5.10. The molecular weight excluding hydrogens is 415 g/mol. The van der Waals surface area contributed by atoms with Crippen LogP contribution in [0.2, 0.25) is 0 Å². The van der Waals surface area contributed by atoms with Crippen LogP contribution in [0.5, 0.6) is 0 Å². The second-order valence-corrected chi connectivity index (χ2v) is 5.67. The zero-order valence-corrected chi connectivity index (χ0v) is 13.6. The van der Waals surface area contributed by atoms with Crippen molar-refractivity contribution in [2.24, 2.45) is 0 Å². The molecule has 13 heteroatoms. The maximum Gasteiger partial charge on any atom is 0.460 e. The highest BCUT2D eigenvalue weighted by Crippen LogP contribution is 2.60. The van der Waals surface area contributed by atoms with Gasteiger partial charge in [0.2, 0.25) is 0 Å². The summed E-state index contributed by atoms with van der Waals surface area (Å²) in [7, 11) is 0. The summed E-state index contributed by atoms with van der Waals surface area (Å²) in [6.45, 7) is 1.60. The zero-order chi connectivity index (χ0) is 21.9. The van der Waals surface area contributed by atoms with E-state index in [9.17, 15) is 57.1 Å². The maximum atomic E-state index is 13.4. The van der Waals surface area contributed by atoms with Gasteiger partial charge in [0.05, 0.1) is 0 Å². The number of hydrogen-bond acceptors (Lipinski definition) is 0. The highest BCUT2D eigenvalue weighted by Gasteiger charge is 2.90. The molecule has 0 spiro atoms. The molecule has 0 aromatic rings. The van der Waals surface area contributed by atoms with Crippen LogP contribution >= 0.6 is 0 Å². The van der Waals surface area contributed by atoms with Gasteiger partial charge in [0.25, 0.3) is 0 Å². The molecule has 0 fully saturated rings. The van der Waals surface area contributed by atoms with E-state index in [2.05, 4.69) is 0 Å². The number of rotatable bonds is 10. The Morgan fingerprint density at radius 2 is 1.00 bits per heavy atom. The van der Waals surface area contributed by atoms with Crippen LogP contribution in [0.15, 0.2) is 12.2 Å². The van der Waals surface area contributed by atoms with Gasteiger partial charge >= 0.3 is 35.8 Å². The fraction of sp³-hybridized carbons (Fsp3) is 0.857. The van der Waals surface area contributed by atoms with Crippen molar-refractivity contribution in [2.75, 3.05) is 0 Å². The molecule has 0 bridgehead atoms. The number of halogens is 13. The first-order chi connectivity index (χ1) is 11.8. The summed E-state index contributed by atoms with van der Waals surface area (Å²) in [4.78, 5) is 0. The second kappa shape index (κ2) is 8.06. The van der Waals surface area contributed by atoms with Gasteiger partial charge in [-0.25, -0.2) is 0 Å². The zero-order valence-electron chi connectivity index (χ0n) is 13.6. The Hall–Kier alpha value is -1.17. The molecule has 0 amide bonds. The number of alkyl halides is 13. The fourth-order valence-electron chi connectivity index (χ4n) is 1.91. The van der Waals surface area contributed by atoms with Gasteiger partial charge in [-0.1, -0.05) is 18.6 Å². The van der Waals surface area contributed by atoms with E-state index >= 15 is 0 Å². The average molecular weight is 430 g/mol. The minimum absolute atomic E-state index is 0.144. The Balaban J connectivity index is 5.55. The minimum atomic E-state index is -7.82. The molecule has 0 aliphatic carbocycles. The lowest BCUT2D eigenvalue weighted by molar-refractivity contribution is -0.440. The van der Waals surface area contributed by atoms with Crippen LogP contribution in [0.1, 0.15) is 39.0 Å². The van der Waals surface area contributed by atoms with E-state index in [1.165, 1.54) is 0 Å². The van der Waals surface area contributed by atoms with E-state index in [1.54, 1.807) is 19.1 Å². The van der Waals surface area contributed by atoms with Crippen molar-refractivity contribution >= 4 is 0 Å². The Morgan fingerprint density at radius 3 is 1.41 bits per heavy atom. The van der Waals surface area contributed by atoms with Crippen LogP contribution in [0.4, 0.5) is 57.1 Å². The molecule has 0 saturated carbocycles. The van der Waals surface area contributed by atoms with E-state index in [-0.39, 0.29) is 12.8 Å². The second-order valence-electron chi connectivity index (χ2n) is 5.67. The molecule has 0 aliphatic rings. The lowest BCUT2D eigenvalue weighted by atomic mass is 9.91. The summed E-state index contributed by atoms with van der Waals surface area (Å²) in [6, 6.07) is 0. The molecule has 0 saturated heterocycles. The Labute approximate surface area is 145 Å². The summed E-state index contributed by atoms with van der Waals surface area (Å²) in [6.07, 6.45) is -7.02. The van der Waals surface area contributed by atoms with Crippen LogP contribution < -0.4 is 0 Å². The first-order valence-corrected chi connectivity index (χ1v) is 7.38. The van der Waals surface area contributed by atoms with Gasteiger partial charge in [0, 0.05) is 6.42 Å². The van der Waals surface area contributed by atoms with Gasteiger partial charge in [-0.15, -0.1) is 0 Å². The normalized spacial score (nSPS) is 15.6. The smallest absolute Gasteiger partial charge is 0.200 e. The molecule has 0 aromatic heterocycles. The van der Waals surface area contributed by atoms with Gasteiger partial charge in [-0.05, 0) is 26.2 Å². The third kappa shape index (κ3) is 4.64. The number of allylic oxidation sites excluding steroid dienone is 2. The van der Waals surface area contributed by atoms with Crippen LogP contribution in [0.25, 0.3) is 0 Å². The van der Waals surface area contributed by atoms with Crippen LogP contribution in [-0.2, 0) is 0 Å². The van der Waals surface area contributed by atoms with E-state index in [4.69, 9.17) is 0 Å². The van der Waals surface area contributed by atoms with Gasteiger partial charge in [0.1, 0.15) is 0 Å². The maximum absolute atomic E-state index is 13.4. The van der Waals surface area contributed by atoms with Crippen molar-refractivity contribution in [3.05, 3.63) is 12.2 Å². The Bertz CT molecular complexity index is 502. The lowest BCUT2D eigenvalue weighted by Crippen LogP contribution is -2.70. The molecule has 162 valence electrons. The van der Waals surface area contributed by atoms with Crippen molar-refractivity contribution < 1.29 is 57.1 Å². The van der Waals surface area contributed by atoms with E-state index in [1.807, 2.05) is 0 Å². The summed E-state index contributed by atoms with van der Waals surface area (Å²) < 4.78 is 167. The van der Waals surface area contributed by atoms with Crippen molar-refractivity contribution in [1.29, 1.82) is 0 Å². The summed E-state index contributed by atoms with van der Waals surface area (Å²) in [5, 5.41) is 0. The monoisotopic (exact) mass is 430 g/mol. The Morgan fingerprint density at radius 1 is 0.556 bits per heavy atom. The fourth-order valence-corrected chi connectivity index (χ4v) is 1.91. The summed E-state index contributed by atoms with van der Waals surface area (Å²) in [5.74, 6) is -36.3. The quantitative estimate of drug-likeness (QED) is 0.195. The predicted molar refractivity (Wildman–Crippen MR) is 68.7 cm³/mol. The van der Waals surface area contributed by atoms with Crippen LogP contribution in [0, 0.1) is 0 Å². The van der Waals surface area contributed by atoms with Crippen LogP contribution in [0.3, 0.4) is 0 Å². The van der Waals surface area contributed by atoms with Gasteiger partial charge in [-0.3, -0.25) is 0 Å². The lowest BCUT2D eigenvalue weighted by Gasteiger charge is -2.39. The standard InChI is InChI=1S/C14H15F13/c1-2-3-4-5-6-7-8-9(15,16)10(17,18)11(19,20)12(21,22)13(23,24)14(25,26)27/h2-3H,4-8H2,1H3. The van der Waals surface area contributed by atoms with Crippen molar-refractivity contribution in [3.8, 4) is 0 Å². The molecule has 0 radical (unpaired) electrons. The first-order valence-electron chi connectivity index (χ1n) is 7.38. The number of unbranched alkanes of at least 4 members (excludes halogenated alkanes) is 3. The van der Waals surface area contributed by atoms with Gasteiger partial charge in [0.15, 0.2) is 0 Å². The molecular formula is C14H15F13. The van der Waals surface area contributed by atoms with E-state index < -0.39 is 48.6 Å². The average Bonchev–Trinajstić information content (AvgIpc) is 2.48. The van der Waals surface area contributed by atoms with E-state index in [0.29, 0.717) is 6.42 Å². The number of hydrogen-bond donors (Lipinski definition) is 0. The molecule has 0 unspecified atom stereocenters. The van der Waals surface area contributed by atoms with Crippen LogP contribution in [-0.4, -0.2) is 35.8 Å². The molecule has 0 nitrogen and oxygen atoms in total. The molecule has 0 aromatic carbocycles. The Kier molecular flexibility index (Phi) is 7.71. The molecule has 27 heavy (non-hydrogen) atoms. The topological polar surface area (TPSA) is 0 Å². The largest absolute Gasteiger partial charge is 0.460 e.